The molecule has 0 bridgehead atoms. The van der Waals surface area contributed by atoms with Gasteiger partial charge in [0.25, 0.3) is 0 Å². The Bertz CT molecular complexity index is 297. The van der Waals surface area contributed by atoms with Gasteiger partial charge in [-0.15, -0.1) is 0 Å². The average molecular weight is 195 g/mol. The van der Waals surface area contributed by atoms with Crippen molar-refractivity contribution in [1.29, 1.82) is 0 Å². The van der Waals surface area contributed by atoms with Crippen LogP contribution in [0.1, 0.15) is 12.5 Å². The van der Waals surface area contributed by atoms with Crippen LogP contribution in [-0.4, -0.2) is 24.4 Å². The maximum absolute atomic E-state index is 9.82. The van der Waals surface area contributed by atoms with Crippen LogP contribution in [0.15, 0.2) is 24.3 Å². The molecule has 14 heavy (non-hydrogen) atoms. The highest BCUT2D eigenvalue weighted by molar-refractivity contribution is 5.34. The zero-order valence-corrected chi connectivity index (χ0v) is 8.66. The second-order valence-corrected chi connectivity index (χ2v) is 3.69. The third-order valence-electron chi connectivity index (χ3n) is 2.20. The van der Waals surface area contributed by atoms with Crippen molar-refractivity contribution in [3.8, 4) is 5.75 Å². The predicted molar refractivity (Wildman–Crippen MR) is 56.4 cm³/mol. The van der Waals surface area contributed by atoms with Crippen LogP contribution in [-0.2, 0) is 6.42 Å². The predicted octanol–water partition coefficient (Wildman–Crippen LogP) is 0.947. The third-order valence-corrected chi connectivity index (χ3v) is 2.20. The Morgan fingerprint density at radius 1 is 1.43 bits per heavy atom. The summed E-state index contributed by atoms with van der Waals surface area (Å²) in [6.45, 7) is 1.96. The van der Waals surface area contributed by atoms with Gasteiger partial charge in [-0.05, 0) is 18.6 Å². The van der Waals surface area contributed by atoms with E-state index in [1.807, 2.05) is 24.3 Å². The largest absolute Gasteiger partial charge is 0.496 e. The SMILES string of the molecule is COc1ccccc1CC(C)(O)CN. The van der Waals surface area contributed by atoms with E-state index in [1.54, 1.807) is 14.0 Å². The summed E-state index contributed by atoms with van der Waals surface area (Å²) in [6, 6.07) is 7.63. The molecule has 3 N–H and O–H groups in total. The molecular weight excluding hydrogens is 178 g/mol. The number of benzene rings is 1. The van der Waals surface area contributed by atoms with E-state index < -0.39 is 5.60 Å². The summed E-state index contributed by atoms with van der Waals surface area (Å²) in [4.78, 5) is 0. The Morgan fingerprint density at radius 3 is 2.64 bits per heavy atom. The van der Waals surface area contributed by atoms with Crippen LogP contribution in [0.3, 0.4) is 0 Å². The highest BCUT2D eigenvalue weighted by Crippen LogP contribution is 2.22. The van der Waals surface area contributed by atoms with E-state index in [-0.39, 0.29) is 6.54 Å². The Balaban J connectivity index is 2.85. The summed E-state index contributed by atoms with van der Waals surface area (Å²) < 4.78 is 5.18. The van der Waals surface area contributed by atoms with Gasteiger partial charge in [-0.3, -0.25) is 0 Å². The van der Waals surface area contributed by atoms with Gasteiger partial charge in [0.1, 0.15) is 5.75 Å². The minimum atomic E-state index is -0.866. The van der Waals surface area contributed by atoms with Gasteiger partial charge in [-0.1, -0.05) is 18.2 Å². The number of aliphatic hydroxyl groups is 1. The molecule has 3 nitrogen and oxygen atoms in total. The molecule has 0 saturated heterocycles. The van der Waals surface area contributed by atoms with Crippen molar-refractivity contribution in [2.24, 2.45) is 5.73 Å². The maximum atomic E-state index is 9.82. The molecule has 1 atom stereocenters. The number of para-hydroxylation sites is 1. The molecule has 0 heterocycles. The lowest BCUT2D eigenvalue weighted by Crippen LogP contribution is -2.36. The number of hydrogen-bond acceptors (Lipinski definition) is 3. The molecule has 1 aromatic carbocycles. The van der Waals surface area contributed by atoms with Crippen molar-refractivity contribution < 1.29 is 9.84 Å². The van der Waals surface area contributed by atoms with E-state index in [0.29, 0.717) is 6.42 Å². The molecule has 78 valence electrons. The Kier molecular flexibility index (Phi) is 3.49. The molecule has 0 aromatic heterocycles. The summed E-state index contributed by atoms with van der Waals surface area (Å²) in [6.07, 6.45) is 0.507. The second kappa shape index (κ2) is 4.44. The van der Waals surface area contributed by atoms with Crippen LogP contribution in [0.5, 0.6) is 5.75 Å². The average Bonchev–Trinajstić information content (AvgIpc) is 2.18. The van der Waals surface area contributed by atoms with Crippen molar-refractivity contribution in [2.75, 3.05) is 13.7 Å². The topological polar surface area (TPSA) is 55.5 Å². The molecule has 1 unspecified atom stereocenters. The Labute approximate surface area is 84.5 Å². The first-order valence-electron chi connectivity index (χ1n) is 4.63. The Morgan fingerprint density at radius 2 is 2.07 bits per heavy atom. The summed E-state index contributed by atoms with van der Waals surface area (Å²) in [5.74, 6) is 0.793. The zero-order valence-electron chi connectivity index (χ0n) is 8.66. The number of nitrogens with two attached hydrogens (primary N) is 1. The normalized spacial score (nSPS) is 14.9. The fourth-order valence-electron chi connectivity index (χ4n) is 1.33. The van der Waals surface area contributed by atoms with Gasteiger partial charge in [0.05, 0.1) is 12.7 Å². The van der Waals surface area contributed by atoms with E-state index in [0.717, 1.165) is 11.3 Å². The zero-order chi connectivity index (χ0) is 10.6. The molecule has 0 aliphatic rings. The van der Waals surface area contributed by atoms with E-state index in [1.165, 1.54) is 0 Å². The van der Waals surface area contributed by atoms with Crippen LogP contribution in [0.25, 0.3) is 0 Å². The van der Waals surface area contributed by atoms with Gasteiger partial charge in [-0.2, -0.15) is 0 Å². The first kappa shape index (κ1) is 11.0. The van der Waals surface area contributed by atoms with Crippen LogP contribution in [0.4, 0.5) is 0 Å². The van der Waals surface area contributed by atoms with Gasteiger partial charge in [0, 0.05) is 13.0 Å². The number of ether oxygens (including phenoxy) is 1. The molecule has 1 rings (SSSR count). The lowest BCUT2D eigenvalue weighted by Gasteiger charge is -2.22. The van der Waals surface area contributed by atoms with Crippen LogP contribution >= 0.6 is 0 Å². The van der Waals surface area contributed by atoms with Gasteiger partial charge in [0.2, 0.25) is 0 Å². The third kappa shape index (κ3) is 2.72. The molecule has 0 fully saturated rings. The van der Waals surface area contributed by atoms with Gasteiger partial charge < -0.3 is 15.6 Å². The van der Waals surface area contributed by atoms with E-state index in [9.17, 15) is 5.11 Å². The number of hydrogen-bond donors (Lipinski definition) is 2. The summed E-state index contributed by atoms with van der Waals surface area (Å²) in [5, 5.41) is 9.82. The second-order valence-electron chi connectivity index (χ2n) is 3.69. The number of methoxy groups -OCH3 is 1. The Hall–Kier alpha value is -1.06. The maximum Gasteiger partial charge on any atom is 0.122 e. The van der Waals surface area contributed by atoms with Gasteiger partial charge in [0.15, 0.2) is 0 Å². The monoisotopic (exact) mass is 195 g/mol. The molecule has 0 spiro atoms. The molecule has 1 aromatic rings. The van der Waals surface area contributed by atoms with Crippen molar-refractivity contribution in [1.82, 2.24) is 0 Å². The van der Waals surface area contributed by atoms with Crippen LogP contribution in [0, 0.1) is 0 Å². The first-order valence-corrected chi connectivity index (χ1v) is 4.63. The quantitative estimate of drug-likeness (QED) is 0.752. The number of rotatable bonds is 4. The van der Waals surface area contributed by atoms with Crippen molar-refractivity contribution in [2.45, 2.75) is 18.9 Å². The fourth-order valence-corrected chi connectivity index (χ4v) is 1.33. The summed E-state index contributed by atoms with van der Waals surface area (Å²) in [7, 11) is 1.62. The smallest absolute Gasteiger partial charge is 0.122 e. The fraction of sp³-hybridized carbons (Fsp3) is 0.455. The molecule has 0 radical (unpaired) electrons. The van der Waals surface area contributed by atoms with E-state index in [4.69, 9.17) is 10.5 Å². The van der Waals surface area contributed by atoms with Crippen LogP contribution < -0.4 is 10.5 Å². The first-order chi connectivity index (χ1) is 6.59. The van der Waals surface area contributed by atoms with E-state index in [2.05, 4.69) is 0 Å². The molecule has 3 heteroatoms. The van der Waals surface area contributed by atoms with Gasteiger partial charge in [-0.25, -0.2) is 0 Å². The molecule has 0 saturated carbocycles. The highest BCUT2D eigenvalue weighted by Gasteiger charge is 2.20. The summed E-state index contributed by atoms with van der Waals surface area (Å²) in [5.41, 5.74) is 5.57. The van der Waals surface area contributed by atoms with Crippen LogP contribution in [0.2, 0.25) is 0 Å². The minimum absolute atomic E-state index is 0.241. The standard InChI is InChI=1S/C11H17NO2/c1-11(13,8-12)7-9-5-3-4-6-10(9)14-2/h3-6,13H,7-8,12H2,1-2H3. The van der Waals surface area contributed by atoms with Crippen molar-refractivity contribution in [3.05, 3.63) is 29.8 Å². The lowest BCUT2D eigenvalue weighted by atomic mass is 9.96. The summed E-state index contributed by atoms with van der Waals surface area (Å²) >= 11 is 0. The van der Waals surface area contributed by atoms with Crippen molar-refractivity contribution >= 4 is 0 Å². The highest BCUT2D eigenvalue weighted by atomic mass is 16.5. The minimum Gasteiger partial charge on any atom is -0.496 e. The molecule has 0 aliphatic carbocycles. The van der Waals surface area contributed by atoms with Gasteiger partial charge >= 0.3 is 0 Å². The lowest BCUT2D eigenvalue weighted by molar-refractivity contribution is 0.0690. The molecular formula is C11H17NO2. The molecule has 0 amide bonds. The van der Waals surface area contributed by atoms with Crippen molar-refractivity contribution in [3.63, 3.8) is 0 Å². The molecule has 0 aliphatic heterocycles. The van der Waals surface area contributed by atoms with E-state index >= 15 is 0 Å².